The molecule has 2 aromatic rings. The summed E-state index contributed by atoms with van der Waals surface area (Å²) in [6, 6.07) is 7.80. The van der Waals surface area contributed by atoms with Crippen LogP contribution in [0.3, 0.4) is 0 Å². The van der Waals surface area contributed by atoms with Gasteiger partial charge in [0.1, 0.15) is 5.82 Å². The van der Waals surface area contributed by atoms with Crippen molar-refractivity contribution in [2.75, 3.05) is 11.9 Å². The number of nitrogens with zero attached hydrogens (tertiary/aromatic N) is 1. The highest BCUT2D eigenvalue weighted by molar-refractivity contribution is 9.10. The van der Waals surface area contributed by atoms with Gasteiger partial charge in [0.25, 0.3) is 0 Å². The van der Waals surface area contributed by atoms with Gasteiger partial charge in [0.05, 0.1) is 6.42 Å². The molecular formula is C12H11BrN2O2. The maximum atomic E-state index is 10.5. The number of carbonyl (C=O) groups is 1. The van der Waals surface area contributed by atoms with Gasteiger partial charge in [0, 0.05) is 22.6 Å². The molecule has 4 nitrogen and oxygen atoms in total. The molecule has 1 aromatic carbocycles. The molecule has 0 fully saturated rings. The smallest absolute Gasteiger partial charge is 0.305 e. The van der Waals surface area contributed by atoms with Crippen molar-refractivity contribution in [3.63, 3.8) is 0 Å². The Morgan fingerprint density at radius 3 is 3.00 bits per heavy atom. The van der Waals surface area contributed by atoms with Gasteiger partial charge in [0.15, 0.2) is 0 Å². The quantitative estimate of drug-likeness (QED) is 0.910. The molecule has 0 saturated carbocycles. The summed E-state index contributed by atoms with van der Waals surface area (Å²) < 4.78 is 0.945. The van der Waals surface area contributed by atoms with Crippen LogP contribution in [0.25, 0.3) is 10.8 Å². The zero-order valence-corrected chi connectivity index (χ0v) is 10.6. The number of rotatable bonds is 4. The summed E-state index contributed by atoms with van der Waals surface area (Å²) in [5, 5.41) is 13.7. The van der Waals surface area contributed by atoms with Crippen LogP contribution in [-0.4, -0.2) is 22.6 Å². The fourth-order valence-electron chi connectivity index (χ4n) is 1.61. The SMILES string of the molecule is O=C(O)CCNc1nccc2cccc(Br)c12. The van der Waals surface area contributed by atoms with Gasteiger partial charge in [-0.15, -0.1) is 0 Å². The highest BCUT2D eigenvalue weighted by Gasteiger charge is 2.05. The molecule has 0 aliphatic carbocycles. The van der Waals surface area contributed by atoms with Crippen molar-refractivity contribution in [2.45, 2.75) is 6.42 Å². The molecule has 0 atom stereocenters. The fraction of sp³-hybridized carbons (Fsp3) is 0.167. The number of benzene rings is 1. The Bertz CT molecular complexity index is 552. The number of anilines is 1. The maximum Gasteiger partial charge on any atom is 0.305 e. The lowest BCUT2D eigenvalue weighted by molar-refractivity contribution is -0.136. The third-order valence-corrected chi connectivity index (χ3v) is 3.03. The van der Waals surface area contributed by atoms with Gasteiger partial charge < -0.3 is 10.4 Å². The Morgan fingerprint density at radius 2 is 2.24 bits per heavy atom. The Morgan fingerprint density at radius 1 is 1.41 bits per heavy atom. The summed E-state index contributed by atoms with van der Waals surface area (Å²) in [7, 11) is 0. The van der Waals surface area contributed by atoms with E-state index in [2.05, 4.69) is 26.2 Å². The van der Waals surface area contributed by atoms with Gasteiger partial charge in [-0.1, -0.05) is 28.1 Å². The van der Waals surface area contributed by atoms with E-state index in [9.17, 15) is 4.79 Å². The average Bonchev–Trinajstić information content (AvgIpc) is 2.29. The Labute approximate surface area is 107 Å². The van der Waals surface area contributed by atoms with Gasteiger partial charge in [-0.25, -0.2) is 4.98 Å². The molecule has 17 heavy (non-hydrogen) atoms. The molecule has 2 rings (SSSR count). The summed E-state index contributed by atoms with van der Waals surface area (Å²) >= 11 is 3.47. The minimum absolute atomic E-state index is 0.0719. The topological polar surface area (TPSA) is 62.2 Å². The van der Waals surface area contributed by atoms with E-state index in [-0.39, 0.29) is 6.42 Å². The Hall–Kier alpha value is -1.62. The number of carboxylic acid groups (broad SMARTS) is 1. The third-order valence-electron chi connectivity index (χ3n) is 2.37. The first-order chi connectivity index (χ1) is 8.18. The second kappa shape index (κ2) is 5.14. The van der Waals surface area contributed by atoms with Crippen LogP contribution in [-0.2, 0) is 4.79 Å². The molecule has 2 N–H and O–H groups in total. The number of halogens is 1. The fourth-order valence-corrected chi connectivity index (χ4v) is 2.18. The number of nitrogens with one attached hydrogen (secondary N) is 1. The van der Waals surface area contributed by atoms with E-state index < -0.39 is 5.97 Å². The van der Waals surface area contributed by atoms with Crippen molar-refractivity contribution in [3.05, 3.63) is 34.9 Å². The van der Waals surface area contributed by atoms with Crippen molar-refractivity contribution in [1.29, 1.82) is 0 Å². The van der Waals surface area contributed by atoms with E-state index in [4.69, 9.17) is 5.11 Å². The van der Waals surface area contributed by atoms with Crippen molar-refractivity contribution >= 4 is 38.5 Å². The minimum atomic E-state index is -0.822. The monoisotopic (exact) mass is 294 g/mol. The molecule has 0 bridgehead atoms. The molecular weight excluding hydrogens is 284 g/mol. The molecule has 0 spiro atoms. The number of pyridine rings is 1. The molecule has 0 aliphatic heterocycles. The van der Waals surface area contributed by atoms with Crippen LogP contribution in [0.4, 0.5) is 5.82 Å². The van der Waals surface area contributed by atoms with Crippen LogP contribution in [0, 0.1) is 0 Å². The van der Waals surface area contributed by atoms with E-state index in [0.29, 0.717) is 12.4 Å². The summed E-state index contributed by atoms with van der Waals surface area (Å²) in [6.07, 6.45) is 1.78. The number of hydrogen-bond donors (Lipinski definition) is 2. The van der Waals surface area contributed by atoms with Crippen LogP contribution >= 0.6 is 15.9 Å². The van der Waals surface area contributed by atoms with Gasteiger partial charge in [-0.05, 0) is 17.5 Å². The van der Waals surface area contributed by atoms with Crippen LogP contribution in [0.2, 0.25) is 0 Å². The minimum Gasteiger partial charge on any atom is -0.481 e. The van der Waals surface area contributed by atoms with Crippen molar-refractivity contribution in [3.8, 4) is 0 Å². The molecule has 0 unspecified atom stereocenters. The van der Waals surface area contributed by atoms with E-state index in [1.54, 1.807) is 6.20 Å². The van der Waals surface area contributed by atoms with Gasteiger partial charge >= 0.3 is 5.97 Å². The third kappa shape index (κ3) is 2.74. The van der Waals surface area contributed by atoms with Crippen LogP contribution in [0.1, 0.15) is 6.42 Å². The first-order valence-corrected chi connectivity index (χ1v) is 5.96. The molecule has 5 heteroatoms. The van der Waals surface area contributed by atoms with E-state index in [1.807, 2.05) is 24.3 Å². The normalized spacial score (nSPS) is 10.4. The van der Waals surface area contributed by atoms with Crippen molar-refractivity contribution < 1.29 is 9.90 Å². The number of hydrogen-bond acceptors (Lipinski definition) is 3. The molecule has 0 saturated heterocycles. The molecule has 0 radical (unpaired) electrons. The second-order valence-electron chi connectivity index (χ2n) is 3.57. The number of aliphatic carboxylic acids is 1. The Balaban J connectivity index is 2.30. The lowest BCUT2D eigenvalue weighted by Gasteiger charge is -2.08. The maximum absolute atomic E-state index is 10.5. The predicted octanol–water partition coefficient (Wildman–Crippen LogP) is 2.88. The van der Waals surface area contributed by atoms with E-state index >= 15 is 0 Å². The van der Waals surface area contributed by atoms with Crippen LogP contribution in [0.5, 0.6) is 0 Å². The lowest BCUT2D eigenvalue weighted by atomic mass is 10.1. The van der Waals surface area contributed by atoms with E-state index in [1.165, 1.54) is 0 Å². The van der Waals surface area contributed by atoms with Gasteiger partial charge in [-0.2, -0.15) is 0 Å². The molecule has 0 amide bonds. The molecule has 1 aromatic heterocycles. The molecule has 1 heterocycles. The predicted molar refractivity (Wildman–Crippen MR) is 70.2 cm³/mol. The Kier molecular flexibility index (Phi) is 3.58. The van der Waals surface area contributed by atoms with Gasteiger partial charge in [0.2, 0.25) is 0 Å². The summed E-state index contributed by atoms with van der Waals surface area (Å²) in [6.45, 7) is 0.364. The van der Waals surface area contributed by atoms with E-state index in [0.717, 1.165) is 15.2 Å². The first kappa shape index (κ1) is 11.9. The zero-order valence-electron chi connectivity index (χ0n) is 8.98. The average molecular weight is 295 g/mol. The summed E-state index contributed by atoms with van der Waals surface area (Å²) in [5.41, 5.74) is 0. The van der Waals surface area contributed by atoms with Crippen LogP contribution < -0.4 is 5.32 Å². The summed E-state index contributed by atoms with van der Waals surface area (Å²) in [5.74, 6) is -0.118. The van der Waals surface area contributed by atoms with Crippen LogP contribution in [0.15, 0.2) is 34.9 Å². The highest BCUT2D eigenvalue weighted by Crippen LogP contribution is 2.28. The first-order valence-electron chi connectivity index (χ1n) is 5.17. The largest absolute Gasteiger partial charge is 0.481 e. The number of aromatic nitrogens is 1. The highest BCUT2D eigenvalue weighted by atomic mass is 79.9. The van der Waals surface area contributed by atoms with Gasteiger partial charge in [-0.3, -0.25) is 4.79 Å². The summed E-state index contributed by atoms with van der Waals surface area (Å²) in [4.78, 5) is 14.7. The molecule has 0 aliphatic rings. The van der Waals surface area contributed by atoms with Crippen molar-refractivity contribution in [2.24, 2.45) is 0 Å². The molecule has 88 valence electrons. The standard InChI is InChI=1S/C12H11BrN2O2/c13-9-3-1-2-8-4-6-14-12(11(8)9)15-7-5-10(16)17/h1-4,6H,5,7H2,(H,14,15)(H,16,17). The second-order valence-corrected chi connectivity index (χ2v) is 4.42. The number of fused-ring (bicyclic) bond motifs is 1. The van der Waals surface area contributed by atoms with Crippen molar-refractivity contribution in [1.82, 2.24) is 4.98 Å². The zero-order chi connectivity index (χ0) is 12.3. The number of carboxylic acids is 1. The lowest BCUT2D eigenvalue weighted by Crippen LogP contribution is -2.08.